The van der Waals surface area contributed by atoms with Crippen molar-refractivity contribution in [1.29, 1.82) is 0 Å². The summed E-state index contributed by atoms with van der Waals surface area (Å²) >= 11 is 9.23. The Kier molecular flexibility index (Phi) is 5.28. The Bertz CT molecular complexity index is 1110. The fourth-order valence-corrected chi connectivity index (χ4v) is 3.71. The lowest BCUT2D eigenvalue weighted by Gasteiger charge is -2.31. The summed E-state index contributed by atoms with van der Waals surface area (Å²) in [5.74, 6) is 0.0550. The van der Waals surface area contributed by atoms with Crippen molar-refractivity contribution in [3.05, 3.63) is 65.2 Å². The van der Waals surface area contributed by atoms with Crippen molar-refractivity contribution < 1.29 is 9.18 Å². The van der Waals surface area contributed by atoms with Crippen molar-refractivity contribution in [3.63, 3.8) is 0 Å². The molecule has 1 N–H and O–H groups in total. The van der Waals surface area contributed by atoms with Crippen LogP contribution in [0.4, 0.5) is 21.6 Å². The number of nitrogens with zero attached hydrogens (tertiary/aromatic N) is 3. The van der Waals surface area contributed by atoms with Crippen LogP contribution in [-0.4, -0.2) is 27.7 Å². The van der Waals surface area contributed by atoms with E-state index in [2.05, 4.69) is 31.2 Å². The maximum Gasteiger partial charge on any atom is 0.248 e. The maximum atomic E-state index is 13.6. The third-order valence-electron chi connectivity index (χ3n) is 4.56. The molecular weight excluding hydrogens is 447 g/mol. The number of aromatic nitrogens is 2. The van der Waals surface area contributed by atoms with Crippen LogP contribution in [0, 0.1) is 5.82 Å². The molecule has 0 saturated carbocycles. The number of amides is 1. The number of benzene rings is 2. The lowest BCUT2D eigenvalue weighted by molar-refractivity contribution is -0.111. The summed E-state index contributed by atoms with van der Waals surface area (Å²) in [5, 5.41) is 4.47. The number of carbonyl (C=O) groups is 1. The van der Waals surface area contributed by atoms with Gasteiger partial charge in [0.2, 0.25) is 5.91 Å². The van der Waals surface area contributed by atoms with Gasteiger partial charge in [-0.05, 0) is 42.3 Å². The summed E-state index contributed by atoms with van der Waals surface area (Å²) in [5.41, 5.74) is 3.27. The second kappa shape index (κ2) is 7.85. The summed E-state index contributed by atoms with van der Waals surface area (Å²) < 4.78 is 13.6. The molecular formula is C20H15BrClFN4O. The molecule has 0 saturated heterocycles. The third kappa shape index (κ3) is 3.47. The lowest BCUT2D eigenvalue weighted by atomic mass is 9.98. The highest BCUT2D eigenvalue weighted by molar-refractivity contribution is 9.09. The first kappa shape index (κ1) is 18.8. The average Bonchev–Trinajstić information content (AvgIpc) is 2.71. The molecule has 0 aliphatic carbocycles. The number of alkyl halides is 1. The lowest BCUT2D eigenvalue weighted by Crippen LogP contribution is -2.26. The first-order chi connectivity index (χ1) is 13.6. The first-order valence-corrected chi connectivity index (χ1v) is 10.1. The van der Waals surface area contributed by atoms with Gasteiger partial charge in [0.05, 0.1) is 10.5 Å². The van der Waals surface area contributed by atoms with E-state index in [0.717, 1.165) is 27.8 Å². The highest BCUT2D eigenvalue weighted by atomic mass is 79.9. The quantitative estimate of drug-likeness (QED) is 0.438. The summed E-state index contributed by atoms with van der Waals surface area (Å²) in [6.07, 6.45) is 5.40. The molecule has 0 atom stereocenters. The van der Waals surface area contributed by atoms with Gasteiger partial charge in [0.15, 0.2) is 0 Å². The van der Waals surface area contributed by atoms with Crippen molar-refractivity contribution in [3.8, 4) is 0 Å². The van der Waals surface area contributed by atoms with Gasteiger partial charge >= 0.3 is 0 Å². The number of allylic oxidation sites excluding steroid dienone is 1. The normalized spacial score (nSPS) is 13.3. The molecule has 0 bridgehead atoms. The van der Waals surface area contributed by atoms with Crippen LogP contribution in [0.15, 0.2) is 48.8 Å². The van der Waals surface area contributed by atoms with Crippen LogP contribution in [0.2, 0.25) is 5.02 Å². The van der Waals surface area contributed by atoms with Gasteiger partial charge in [-0.25, -0.2) is 14.4 Å². The maximum absolute atomic E-state index is 13.6. The van der Waals surface area contributed by atoms with Gasteiger partial charge in [-0.15, -0.1) is 0 Å². The van der Waals surface area contributed by atoms with E-state index < -0.39 is 5.82 Å². The van der Waals surface area contributed by atoms with Gasteiger partial charge in [0.1, 0.15) is 18.0 Å². The van der Waals surface area contributed by atoms with E-state index in [1.807, 2.05) is 17.0 Å². The number of hydrogen-bond acceptors (Lipinski definition) is 4. The number of nitrogens with one attached hydrogen (secondary N) is 1. The second-order valence-electron chi connectivity index (χ2n) is 6.23. The average molecular weight is 462 g/mol. The largest absolute Gasteiger partial charge is 0.325 e. The smallest absolute Gasteiger partial charge is 0.248 e. The van der Waals surface area contributed by atoms with Gasteiger partial charge in [0.25, 0.3) is 0 Å². The van der Waals surface area contributed by atoms with E-state index in [1.165, 1.54) is 18.5 Å². The molecule has 4 rings (SSSR count). The van der Waals surface area contributed by atoms with Crippen LogP contribution in [0.3, 0.4) is 0 Å². The molecule has 3 aromatic rings. The van der Waals surface area contributed by atoms with Gasteiger partial charge in [-0.3, -0.25) is 4.79 Å². The van der Waals surface area contributed by atoms with Crippen molar-refractivity contribution in [2.75, 3.05) is 22.1 Å². The van der Waals surface area contributed by atoms with Crippen LogP contribution in [0.1, 0.15) is 5.56 Å². The van der Waals surface area contributed by atoms with E-state index >= 15 is 0 Å². The Hall–Kier alpha value is -2.51. The number of rotatable bonds is 4. The van der Waals surface area contributed by atoms with Gasteiger partial charge < -0.3 is 10.2 Å². The molecule has 1 aromatic heterocycles. The van der Waals surface area contributed by atoms with Gasteiger partial charge in [0, 0.05) is 34.7 Å². The predicted octanol–water partition coefficient (Wildman–Crippen LogP) is 5.01. The molecule has 1 amide bonds. The molecule has 2 heterocycles. The van der Waals surface area contributed by atoms with Crippen LogP contribution >= 0.6 is 27.5 Å². The molecule has 28 heavy (non-hydrogen) atoms. The molecule has 2 aromatic carbocycles. The first-order valence-electron chi connectivity index (χ1n) is 8.61. The molecule has 142 valence electrons. The molecule has 0 fully saturated rings. The van der Waals surface area contributed by atoms with Crippen molar-refractivity contribution in [2.24, 2.45) is 0 Å². The second-order valence-corrected chi connectivity index (χ2v) is 7.28. The summed E-state index contributed by atoms with van der Waals surface area (Å²) in [7, 11) is 0. The van der Waals surface area contributed by atoms with E-state index in [4.69, 9.17) is 11.6 Å². The molecule has 8 heteroatoms. The highest BCUT2D eigenvalue weighted by Gasteiger charge is 2.25. The van der Waals surface area contributed by atoms with E-state index in [0.29, 0.717) is 24.1 Å². The zero-order chi connectivity index (χ0) is 19.7. The molecule has 0 radical (unpaired) electrons. The summed E-state index contributed by atoms with van der Waals surface area (Å²) in [6.45, 7) is 0.616. The zero-order valence-corrected chi connectivity index (χ0v) is 17.0. The van der Waals surface area contributed by atoms with Gasteiger partial charge in [-0.1, -0.05) is 33.6 Å². The Morgan fingerprint density at radius 1 is 1.32 bits per heavy atom. The fraction of sp³-hybridized carbons (Fsp3) is 0.150. The molecule has 5 nitrogen and oxygen atoms in total. The number of carbonyl (C=O) groups excluding carboxylic acids is 1. The highest BCUT2D eigenvalue weighted by Crippen LogP contribution is 2.39. The third-order valence-corrected chi connectivity index (χ3v) is 5.23. The Labute approximate surface area is 174 Å². The topological polar surface area (TPSA) is 58.1 Å². The number of hydrogen-bond donors (Lipinski definition) is 1. The van der Waals surface area contributed by atoms with E-state index in [1.54, 1.807) is 18.2 Å². The molecule has 0 spiro atoms. The summed E-state index contributed by atoms with van der Waals surface area (Å²) in [6, 6.07) is 8.33. The van der Waals surface area contributed by atoms with Crippen LogP contribution < -0.4 is 10.2 Å². The predicted molar refractivity (Wildman–Crippen MR) is 113 cm³/mol. The Morgan fingerprint density at radius 3 is 2.96 bits per heavy atom. The van der Waals surface area contributed by atoms with Crippen molar-refractivity contribution in [2.45, 2.75) is 6.42 Å². The van der Waals surface area contributed by atoms with Crippen LogP contribution in [-0.2, 0) is 11.2 Å². The van der Waals surface area contributed by atoms with E-state index in [-0.39, 0.29) is 10.9 Å². The van der Waals surface area contributed by atoms with Crippen LogP contribution in [0.5, 0.6) is 0 Å². The fourth-order valence-electron chi connectivity index (χ4n) is 3.34. The summed E-state index contributed by atoms with van der Waals surface area (Å²) in [4.78, 5) is 22.9. The monoisotopic (exact) mass is 460 g/mol. The number of halogens is 3. The standard InChI is InChI=1S/C20H15BrClFN4O/c21-8-1-2-18(28)26-16-5-6-17-19-13(16)7-9-27(20(19)25-11-24-17)12-3-4-15(23)14(22)10-12/h1-6,10-11H,7-9H2,(H,26,28)/b2-1+. The Morgan fingerprint density at radius 2 is 2.18 bits per heavy atom. The van der Waals surface area contributed by atoms with Gasteiger partial charge in [-0.2, -0.15) is 0 Å². The Balaban J connectivity index is 1.80. The van der Waals surface area contributed by atoms with Crippen molar-refractivity contribution >= 4 is 61.5 Å². The minimum atomic E-state index is -0.461. The minimum absolute atomic E-state index is 0.0631. The zero-order valence-electron chi connectivity index (χ0n) is 14.6. The minimum Gasteiger partial charge on any atom is -0.325 e. The SMILES string of the molecule is O=C(/C=C/CBr)Nc1ccc2ncnc3c2c1CCN3c1ccc(F)c(Cl)c1. The van der Waals surface area contributed by atoms with E-state index in [9.17, 15) is 9.18 Å². The molecule has 0 unspecified atom stereocenters. The number of anilines is 3. The molecule has 1 aliphatic rings. The molecule has 1 aliphatic heterocycles. The van der Waals surface area contributed by atoms with Crippen LogP contribution in [0.25, 0.3) is 10.9 Å². The van der Waals surface area contributed by atoms with Crippen molar-refractivity contribution in [1.82, 2.24) is 9.97 Å².